The molecule has 4 rings (SSSR count). The normalized spacial score (nSPS) is 11.6. The fourth-order valence-electron chi connectivity index (χ4n) is 3.19. The maximum absolute atomic E-state index is 13.5. The van der Waals surface area contributed by atoms with E-state index in [9.17, 15) is 18.0 Å². The molecule has 3 nitrogen and oxygen atoms in total. The quantitative estimate of drug-likeness (QED) is 0.392. The summed E-state index contributed by atoms with van der Waals surface area (Å²) in [6.45, 7) is 0.0770. The van der Waals surface area contributed by atoms with Gasteiger partial charge in [0, 0.05) is 12.1 Å². The molecule has 1 amide bonds. The second-order valence-corrected chi connectivity index (χ2v) is 7.10. The first kappa shape index (κ1) is 20.0. The van der Waals surface area contributed by atoms with Crippen molar-refractivity contribution in [2.75, 3.05) is 0 Å². The average molecular weight is 430 g/mol. The number of furan rings is 1. The lowest BCUT2D eigenvalue weighted by atomic mass is 10.1. The Kier molecular flexibility index (Phi) is 5.26. The van der Waals surface area contributed by atoms with Crippen molar-refractivity contribution in [3.05, 3.63) is 94.7 Å². The van der Waals surface area contributed by atoms with Crippen LogP contribution in [0.5, 0.6) is 0 Å². The van der Waals surface area contributed by atoms with Gasteiger partial charge in [-0.15, -0.1) is 0 Å². The molecule has 0 bridgehead atoms. The molecule has 0 aliphatic heterocycles. The van der Waals surface area contributed by atoms with E-state index in [0.717, 1.165) is 22.4 Å². The summed E-state index contributed by atoms with van der Waals surface area (Å²) in [5, 5.41) is 4.77. The van der Waals surface area contributed by atoms with Gasteiger partial charge in [-0.3, -0.25) is 4.79 Å². The number of nitrogens with one attached hydrogen (secondary N) is 1. The highest BCUT2D eigenvalue weighted by atomic mass is 35.5. The number of benzene rings is 3. The lowest BCUT2D eigenvalue weighted by molar-refractivity contribution is -0.153. The van der Waals surface area contributed by atoms with Crippen molar-refractivity contribution in [3.63, 3.8) is 0 Å². The van der Waals surface area contributed by atoms with Crippen LogP contribution >= 0.6 is 11.6 Å². The van der Waals surface area contributed by atoms with Crippen LogP contribution in [-0.2, 0) is 12.7 Å². The largest absolute Gasteiger partial charge is 0.451 e. The molecule has 0 aliphatic rings. The van der Waals surface area contributed by atoms with E-state index in [1.807, 2.05) is 42.5 Å². The Hall–Kier alpha value is -3.25. The summed E-state index contributed by atoms with van der Waals surface area (Å²) in [6, 6.07) is 20.7. The Balaban J connectivity index is 1.61. The molecule has 0 radical (unpaired) electrons. The second-order valence-electron chi connectivity index (χ2n) is 6.70. The molecular weight excluding hydrogens is 415 g/mol. The van der Waals surface area contributed by atoms with E-state index < -0.39 is 23.4 Å². The fourth-order valence-corrected chi connectivity index (χ4v) is 3.42. The number of carbonyl (C=O) groups is 1. The summed E-state index contributed by atoms with van der Waals surface area (Å²) in [5.74, 6) is -2.35. The standard InChI is InChI=1S/C23H15ClF3NO2/c24-19-8-4-3-7-17(19)20-12-18(21(30-20)23(25,26)27)22(29)28-13-14-9-10-15-5-1-2-6-16(15)11-14/h1-12H,13H2,(H,28,29). The molecule has 30 heavy (non-hydrogen) atoms. The number of hydrogen-bond acceptors (Lipinski definition) is 2. The topological polar surface area (TPSA) is 42.2 Å². The van der Waals surface area contributed by atoms with E-state index in [1.165, 1.54) is 12.1 Å². The minimum absolute atomic E-state index is 0.0770. The van der Waals surface area contributed by atoms with Gasteiger partial charge in [-0.05, 0) is 40.6 Å². The monoisotopic (exact) mass is 429 g/mol. The highest BCUT2D eigenvalue weighted by Gasteiger charge is 2.40. The summed E-state index contributed by atoms with van der Waals surface area (Å²) in [5.41, 5.74) is 0.460. The predicted octanol–water partition coefficient (Wildman–Crippen LogP) is 6.70. The zero-order chi connectivity index (χ0) is 21.3. The maximum Gasteiger partial charge on any atom is 0.450 e. The summed E-state index contributed by atoms with van der Waals surface area (Å²) in [7, 11) is 0. The van der Waals surface area contributed by atoms with Crippen molar-refractivity contribution in [1.82, 2.24) is 5.32 Å². The predicted molar refractivity (Wildman–Crippen MR) is 109 cm³/mol. The summed E-state index contributed by atoms with van der Waals surface area (Å²) in [4.78, 5) is 12.6. The molecule has 4 aromatic rings. The number of carbonyl (C=O) groups excluding carboxylic acids is 1. The van der Waals surface area contributed by atoms with Gasteiger partial charge in [0.25, 0.3) is 5.91 Å². The number of alkyl halides is 3. The van der Waals surface area contributed by atoms with Crippen LogP contribution in [0.2, 0.25) is 5.02 Å². The summed E-state index contributed by atoms with van der Waals surface area (Å²) in [6.07, 6.45) is -4.82. The van der Waals surface area contributed by atoms with Crippen LogP contribution in [0.1, 0.15) is 21.7 Å². The number of hydrogen-bond donors (Lipinski definition) is 1. The Morgan fingerprint density at radius 1 is 0.933 bits per heavy atom. The van der Waals surface area contributed by atoms with Crippen molar-refractivity contribution >= 4 is 28.3 Å². The van der Waals surface area contributed by atoms with Crippen LogP contribution in [0.15, 0.2) is 77.2 Å². The van der Waals surface area contributed by atoms with Gasteiger partial charge < -0.3 is 9.73 Å². The van der Waals surface area contributed by atoms with Crippen LogP contribution < -0.4 is 5.32 Å². The highest BCUT2D eigenvalue weighted by molar-refractivity contribution is 6.33. The fraction of sp³-hybridized carbons (Fsp3) is 0.0870. The zero-order valence-corrected chi connectivity index (χ0v) is 16.2. The molecule has 7 heteroatoms. The molecule has 0 unspecified atom stereocenters. The minimum Gasteiger partial charge on any atom is -0.451 e. The molecule has 3 aromatic carbocycles. The van der Waals surface area contributed by atoms with Crippen molar-refractivity contribution < 1.29 is 22.4 Å². The van der Waals surface area contributed by atoms with Crippen LogP contribution in [0.4, 0.5) is 13.2 Å². The third-order valence-electron chi connectivity index (χ3n) is 4.64. The summed E-state index contributed by atoms with van der Waals surface area (Å²) >= 11 is 6.06. The molecule has 1 N–H and O–H groups in total. The van der Waals surface area contributed by atoms with E-state index >= 15 is 0 Å². The molecule has 1 heterocycles. The van der Waals surface area contributed by atoms with Crippen LogP contribution in [0.25, 0.3) is 22.1 Å². The number of fused-ring (bicyclic) bond motifs is 1. The van der Waals surface area contributed by atoms with E-state index in [0.29, 0.717) is 0 Å². The molecule has 0 spiro atoms. The Bertz CT molecular complexity index is 1230. The van der Waals surface area contributed by atoms with Crippen molar-refractivity contribution in [2.24, 2.45) is 0 Å². The number of amides is 1. The highest BCUT2D eigenvalue weighted by Crippen LogP contribution is 2.38. The van der Waals surface area contributed by atoms with Gasteiger partial charge in [0.1, 0.15) is 5.76 Å². The van der Waals surface area contributed by atoms with Crippen molar-refractivity contribution in [1.29, 1.82) is 0 Å². The van der Waals surface area contributed by atoms with Crippen LogP contribution in [-0.4, -0.2) is 5.91 Å². The van der Waals surface area contributed by atoms with E-state index in [1.54, 1.807) is 12.1 Å². The molecule has 0 atom stereocenters. The van der Waals surface area contributed by atoms with E-state index in [4.69, 9.17) is 16.0 Å². The lowest BCUT2D eigenvalue weighted by Gasteiger charge is -2.08. The van der Waals surface area contributed by atoms with Crippen LogP contribution in [0.3, 0.4) is 0 Å². The smallest absolute Gasteiger partial charge is 0.450 e. The molecule has 0 aliphatic carbocycles. The second kappa shape index (κ2) is 7.88. The first-order chi connectivity index (χ1) is 14.3. The average Bonchev–Trinajstić information content (AvgIpc) is 3.18. The Labute approximate surface area is 175 Å². The first-order valence-corrected chi connectivity index (χ1v) is 9.42. The molecular formula is C23H15ClF3NO2. The lowest BCUT2D eigenvalue weighted by Crippen LogP contribution is -2.24. The molecule has 0 fully saturated rings. The zero-order valence-electron chi connectivity index (χ0n) is 15.5. The third kappa shape index (κ3) is 4.04. The summed E-state index contributed by atoms with van der Waals surface area (Å²) < 4.78 is 45.4. The third-order valence-corrected chi connectivity index (χ3v) is 4.97. The van der Waals surface area contributed by atoms with Gasteiger partial charge in [-0.2, -0.15) is 13.2 Å². The Morgan fingerprint density at radius 3 is 2.37 bits per heavy atom. The van der Waals surface area contributed by atoms with E-state index in [-0.39, 0.29) is 22.9 Å². The van der Waals surface area contributed by atoms with Gasteiger partial charge in [-0.1, -0.05) is 60.1 Å². The molecule has 152 valence electrons. The molecule has 0 saturated carbocycles. The van der Waals surface area contributed by atoms with Crippen LogP contribution in [0, 0.1) is 0 Å². The molecule has 1 aromatic heterocycles. The maximum atomic E-state index is 13.5. The molecule has 0 saturated heterocycles. The van der Waals surface area contributed by atoms with Gasteiger partial charge in [0.15, 0.2) is 0 Å². The van der Waals surface area contributed by atoms with Crippen molar-refractivity contribution in [3.8, 4) is 11.3 Å². The SMILES string of the molecule is O=C(NCc1ccc2ccccc2c1)c1cc(-c2ccccc2Cl)oc1C(F)(F)F. The van der Waals surface area contributed by atoms with Crippen molar-refractivity contribution in [2.45, 2.75) is 12.7 Å². The first-order valence-electron chi connectivity index (χ1n) is 9.05. The van der Waals surface area contributed by atoms with Gasteiger partial charge in [0.2, 0.25) is 5.76 Å². The Morgan fingerprint density at radius 2 is 1.63 bits per heavy atom. The number of rotatable bonds is 4. The van der Waals surface area contributed by atoms with Gasteiger partial charge in [-0.25, -0.2) is 0 Å². The van der Waals surface area contributed by atoms with Gasteiger partial charge >= 0.3 is 6.18 Å². The van der Waals surface area contributed by atoms with E-state index in [2.05, 4.69) is 5.32 Å². The number of halogens is 4. The van der Waals surface area contributed by atoms with Gasteiger partial charge in [0.05, 0.1) is 10.6 Å². The minimum atomic E-state index is -4.82.